The molecule has 3 aliphatic rings. The highest BCUT2D eigenvalue weighted by Crippen LogP contribution is 2.29. The summed E-state index contributed by atoms with van der Waals surface area (Å²) in [5.74, 6) is 2.05. The van der Waals surface area contributed by atoms with Crippen LogP contribution in [0.25, 0.3) is 11.1 Å². The molecular formula is C28H22N2S2. The summed E-state index contributed by atoms with van der Waals surface area (Å²) >= 11 is 3.76. The zero-order valence-corrected chi connectivity index (χ0v) is 19.2. The lowest BCUT2D eigenvalue weighted by Gasteiger charge is -2.08. The summed E-state index contributed by atoms with van der Waals surface area (Å²) in [6, 6.07) is 33.7. The molecule has 0 saturated carbocycles. The van der Waals surface area contributed by atoms with Crippen LogP contribution >= 0.6 is 23.5 Å². The number of fused-ring (bicyclic) bond motifs is 2. The number of hydrogen-bond donors (Lipinski definition) is 0. The first-order chi connectivity index (χ1) is 15.8. The maximum atomic E-state index is 4.72. The summed E-state index contributed by atoms with van der Waals surface area (Å²) in [5, 5.41) is 0. The second-order valence-electron chi connectivity index (χ2n) is 7.38. The van der Waals surface area contributed by atoms with Gasteiger partial charge in [-0.15, -0.1) is 23.5 Å². The van der Waals surface area contributed by atoms with E-state index in [2.05, 4.69) is 97.1 Å². The third-order valence-electron chi connectivity index (χ3n) is 5.21. The van der Waals surface area contributed by atoms with Crippen LogP contribution in [0.2, 0.25) is 0 Å². The van der Waals surface area contributed by atoms with Crippen LogP contribution in [0.4, 0.5) is 11.4 Å². The molecule has 0 aromatic heterocycles. The molecule has 0 radical (unpaired) electrons. The van der Waals surface area contributed by atoms with E-state index in [0.29, 0.717) is 0 Å². The standard InChI is InChI=1S/C28H22N2S2/c1-3-7-27-23(5-1)19-29-25-13-9-21(10-14-25)22-11-15-26(16-12-22)30-20-24-6-2-4-8-28(24)32-18-17-31-27/h1-16,19-20H,17-18H2. The largest absolute Gasteiger partial charge is 0.256 e. The van der Waals surface area contributed by atoms with Crippen LogP contribution in [0.15, 0.2) is 117 Å². The van der Waals surface area contributed by atoms with Gasteiger partial charge in [-0.2, -0.15) is 0 Å². The normalized spacial score (nSPS) is 13.5. The molecular weight excluding hydrogens is 428 g/mol. The lowest BCUT2D eigenvalue weighted by Crippen LogP contribution is -1.91. The highest BCUT2D eigenvalue weighted by atomic mass is 32.2. The van der Waals surface area contributed by atoms with E-state index in [0.717, 1.165) is 34.0 Å². The maximum absolute atomic E-state index is 4.72. The van der Waals surface area contributed by atoms with Gasteiger partial charge in [0, 0.05) is 44.9 Å². The van der Waals surface area contributed by atoms with Crippen molar-refractivity contribution in [3.05, 3.63) is 108 Å². The molecule has 7 rings (SSSR count). The van der Waals surface area contributed by atoms with Crippen molar-refractivity contribution in [3.8, 4) is 11.1 Å². The molecule has 3 heterocycles. The molecule has 0 unspecified atom stereocenters. The molecule has 4 bridgehead atoms. The lowest BCUT2D eigenvalue weighted by atomic mass is 10.1. The average molecular weight is 451 g/mol. The van der Waals surface area contributed by atoms with E-state index in [1.807, 2.05) is 36.0 Å². The van der Waals surface area contributed by atoms with Crippen molar-refractivity contribution < 1.29 is 0 Å². The minimum absolute atomic E-state index is 0.955. The molecule has 0 saturated heterocycles. The molecule has 156 valence electrons. The van der Waals surface area contributed by atoms with Gasteiger partial charge in [-0.05, 0) is 47.5 Å². The summed E-state index contributed by atoms with van der Waals surface area (Å²) in [5.41, 5.74) is 6.57. The molecule has 2 nitrogen and oxygen atoms in total. The number of thioether (sulfide) groups is 2. The topological polar surface area (TPSA) is 24.7 Å². The van der Waals surface area contributed by atoms with Gasteiger partial charge in [0.1, 0.15) is 0 Å². The van der Waals surface area contributed by atoms with Gasteiger partial charge >= 0.3 is 0 Å². The van der Waals surface area contributed by atoms with E-state index in [1.54, 1.807) is 0 Å². The Kier molecular flexibility index (Phi) is 6.52. The van der Waals surface area contributed by atoms with E-state index in [9.17, 15) is 0 Å². The van der Waals surface area contributed by atoms with Gasteiger partial charge < -0.3 is 0 Å². The quantitative estimate of drug-likeness (QED) is 0.271. The van der Waals surface area contributed by atoms with E-state index in [-0.39, 0.29) is 0 Å². The van der Waals surface area contributed by atoms with Gasteiger partial charge in [-0.1, -0.05) is 60.7 Å². The molecule has 0 fully saturated rings. The van der Waals surface area contributed by atoms with Crippen molar-refractivity contribution in [1.82, 2.24) is 0 Å². The third kappa shape index (κ3) is 5.04. The fourth-order valence-corrected chi connectivity index (χ4v) is 5.54. The van der Waals surface area contributed by atoms with Gasteiger partial charge in [0.2, 0.25) is 0 Å². The van der Waals surface area contributed by atoms with Gasteiger partial charge in [0.25, 0.3) is 0 Å². The first-order valence-electron chi connectivity index (χ1n) is 10.6. The Morgan fingerprint density at radius 1 is 0.469 bits per heavy atom. The molecule has 0 atom stereocenters. The molecule has 0 aliphatic carbocycles. The van der Waals surface area contributed by atoms with Crippen molar-refractivity contribution in [2.45, 2.75) is 9.79 Å². The molecule has 32 heavy (non-hydrogen) atoms. The SMILES string of the molecule is C1=Nc2ccc(cc2)-c2ccc(cc2)N=Cc2ccccc2SCCSc2ccccc21. The van der Waals surface area contributed by atoms with Gasteiger partial charge in [0.15, 0.2) is 0 Å². The maximum Gasteiger partial charge on any atom is 0.0630 e. The van der Waals surface area contributed by atoms with Crippen LogP contribution in [-0.4, -0.2) is 23.9 Å². The van der Waals surface area contributed by atoms with Crippen LogP contribution in [0.5, 0.6) is 0 Å². The smallest absolute Gasteiger partial charge is 0.0630 e. The molecule has 4 aromatic carbocycles. The Morgan fingerprint density at radius 3 is 1.31 bits per heavy atom. The van der Waals surface area contributed by atoms with Crippen molar-refractivity contribution in [1.29, 1.82) is 0 Å². The molecule has 3 aliphatic heterocycles. The summed E-state index contributed by atoms with van der Waals surface area (Å²) in [6.45, 7) is 0. The fourth-order valence-electron chi connectivity index (χ4n) is 3.51. The Hall–Kier alpha value is -3.08. The van der Waals surface area contributed by atoms with Crippen molar-refractivity contribution in [2.24, 2.45) is 9.98 Å². The average Bonchev–Trinajstić information content (AvgIpc) is 2.85. The van der Waals surface area contributed by atoms with E-state index >= 15 is 0 Å². The molecule has 4 aromatic rings. The van der Waals surface area contributed by atoms with Crippen molar-refractivity contribution >= 4 is 47.3 Å². The lowest BCUT2D eigenvalue weighted by molar-refractivity contribution is 1.38. The van der Waals surface area contributed by atoms with E-state index in [4.69, 9.17) is 9.98 Å². The number of nitrogens with zero attached hydrogens (tertiary/aromatic N) is 2. The minimum atomic E-state index is 0.955. The summed E-state index contributed by atoms with van der Waals surface area (Å²) in [7, 11) is 0. The number of aliphatic imine (C=N–C) groups is 2. The second-order valence-corrected chi connectivity index (χ2v) is 9.66. The monoisotopic (exact) mass is 450 g/mol. The van der Waals surface area contributed by atoms with Crippen molar-refractivity contribution in [3.63, 3.8) is 0 Å². The highest BCUT2D eigenvalue weighted by molar-refractivity contribution is 8.03. The zero-order chi connectivity index (χ0) is 21.6. The summed E-state index contributed by atoms with van der Waals surface area (Å²) in [6.07, 6.45) is 3.95. The summed E-state index contributed by atoms with van der Waals surface area (Å²) < 4.78 is 0. The highest BCUT2D eigenvalue weighted by Gasteiger charge is 2.05. The van der Waals surface area contributed by atoms with Crippen LogP contribution in [-0.2, 0) is 0 Å². The fraction of sp³-hybridized carbons (Fsp3) is 0.0714. The first-order valence-corrected chi connectivity index (χ1v) is 12.5. The number of rotatable bonds is 0. The van der Waals surface area contributed by atoms with Gasteiger partial charge in [-0.3, -0.25) is 9.98 Å². The predicted octanol–water partition coefficient (Wildman–Crippen LogP) is 8.05. The zero-order valence-electron chi connectivity index (χ0n) is 17.5. The third-order valence-corrected chi connectivity index (χ3v) is 7.65. The minimum Gasteiger partial charge on any atom is -0.256 e. The number of hydrogen-bond acceptors (Lipinski definition) is 4. The molecule has 0 amide bonds. The molecule has 0 N–H and O–H groups in total. The predicted molar refractivity (Wildman–Crippen MR) is 141 cm³/mol. The van der Waals surface area contributed by atoms with E-state index in [1.165, 1.54) is 20.9 Å². The number of benzene rings is 4. The van der Waals surface area contributed by atoms with E-state index < -0.39 is 0 Å². The van der Waals surface area contributed by atoms with Crippen molar-refractivity contribution in [2.75, 3.05) is 11.5 Å². The Bertz CT molecular complexity index is 1160. The van der Waals surface area contributed by atoms with Crippen LogP contribution in [0.1, 0.15) is 11.1 Å². The molecule has 4 heteroatoms. The molecule has 0 spiro atoms. The van der Waals surface area contributed by atoms with Gasteiger partial charge in [0.05, 0.1) is 11.4 Å². The summed E-state index contributed by atoms with van der Waals surface area (Å²) in [4.78, 5) is 12.0. The first kappa shape index (κ1) is 20.8. The van der Waals surface area contributed by atoms with Crippen LogP contribution in [0.3, 0.4) is 0 Å². The Morgan fingerprint density at radius 2 is 0.875 bits per heavy atom. The Balaban J connectivity index is 1.51. The second kappa shape index (κ2) is 10.0. The van der Waals surface area contributed by atoms with Crippen LogP contribution in [0, 0.1) is 0 Å². The van der Waals surface area contributed by atoms with Crippen LogP contribution < -0.4 is 0 Å². The van der Waals surface area contributed by atoms with Gasteiger partial charge in [-0.25, -0.2) is 0 Å². The Labute approximate surface area is 197 Å².